The van der Waals surface area contributed by atoms with Crippen LogP contribution in [0.15, 0.2) is 18.2 Å². The first-order valence-electron chi connectivity index (χ1n) is 7.07. The number of hydrogen-bond acceptors (Lipinski definition) is 3. The summed E-state index contributed by atoms with van der Waals surface area (Å²) in [5.74, 6) is -0.836. The van der Waals surface area contributed by atoms with Gasteiger partial charge in [-0.15, -0.1) is 0 Å². The molecule has 0 aliphatic carbocycles. The molecule has 1 aliphatic heterocycles. The van der Waals surface area contributed by atoms with Gasteiger partial charge in [0.1, 0.15) is 5.82 Å². The maximum absolute atomic E-state index is 13.9. The number of nitrogens with zero attached hydrogens (tertiary/aromatic N) is 1. The van der Waals surface area contributed by atoms with Crippen molar-refractivity contribution in [3.05, 3.63) is 35.1 Å². The molecule has 1 aliphatic rings. The summed E-state index contributed by atoms with van der Waals surface area (Å²) in [5, 5.41) is 0. The fourth-order valence-electron chi connectivity index (χ4n) is 2.92. The number of benzene rings is 1. The lowest BCUT2D eigenvalue weighted by Crippen LogP contribution is -2.48. The largest absolute Gasteiger partial charge is 0.366 e. The summed E-state index contributed by atoms with van der Waals surface area (Å²) < 4.78 is 13.9. The van der Waals surface area contributed by atoms with Gasteiger partial charge in [-0.25, -0.2) is 4.39 Å². The van der Waals surface area contributed by atoms with Gasteiger partial charge in [0, 0.05) is 36.3 Å². The maximum Gasteiger partial charge on any atom is 0.248 e. The zero-order valence-electron chi connectivity index (χ0n) is 11.8. The van der Waals surface area contributed by atoms with E-state index in [9.17, 15) is 9.18 Å². The summed E-state index contributed by atoms with van der Waals surface area (Å²) in [6.07, 6.45) is 3.29. The molecule has 1 amide bonds. The van der Waals surface area contributed by atoms with Crippen LogP contribution in [-0.2, 0) is 6.54 Å². The van der Waals surface area contributed by atoms with Crippen LogP contribution in [0.25, 0.3) is 0 Å². The van der Waals surface area contributed by atoms with Crippen molar-refractivity contribution in [2.75, 3.05) is 6.54 Å². The highest BCUT2D eigenvalue weighted by atomic mass is 19.1. The Morgan fingerprint density at radius 1 is 1.45 bits per heavy atom. The number of carbonyl (C=O) groups excluding carboxylic acids is 1. The zero-order valence-corrected chi connectivity index (χ0v) is 11.8. The van der Waals surface area contributed by atoms with E-state index in [1.54, 1.807) is 6.07 Å². The Morgan fingerprint density at radius 2 is 2.20 bits per heavy atom. The van der Waals surface area contributed by atoms with Gasteiger partial charge in [-0.2, -0.15) is 0 Å². The molecule has 2 atom stereocenters. The molecule has 1 saturated heterocycles. The Hall–Kier alpha value is -1.46. The molecule has 1 aromatic carbocycles. The van der Waals surface area contributed by atoms with Crippen molar-refractivity contribution >= 4 is 5.91 Å². The summed E-state index contributed by atoms with van der Waals surface area (Å²) in [6.45, 7) is 3.18. The van der Waals surface area contributed by atoms with Crippen LogP contribution in [0.4, 0.5) is 4.39 Å². The van der Waals surface area contributed by atoms with Gasteiger partial charge in [-0.1, -0.05) is 6.42 Å². The Labute approximate surface area is 118 Å². The summed E-state index contributed by atoms with van der Waals surface area (Å²) in [5.41, 5.74) is 11.9. The van der Waals surface area contributed by atoms with Crippen molar-refractivity contribution in [1.29, 1.82) is 0 Å². The van der Waals surface area contributed by atoms with Crippen LogP contribution in [0.2, 0.25) is 0 Å². The third-order valence-electron chi connectivity index (χ3n) is 4.15. The van der Waals surface area contributed by atoms with Gasteiger partial charge in [0.05, 0.1) is 0 Å². The summed E-state index contributed by atoms with van der Waals surface area (Å²) >= 11 is 0. The van der Waals surface area contributed by atoms with Gasteiger partial charge in [0.15, 0.2) is 0 Å². The van der Waals surface area contributed by atoms with E-state index < -0.39 is 5.91 Å². The minimum Gasteiger partial charge on any atom is -0.366 e. The van der Waals surface area contributed by atoms with Crippen LogP contribution in [-0.4, -0.2) is 29.4 Å². The van der Waals surface area contributed by atoms with Crippen LogP contribution in [0.5, 0.6) is 0 Å². The average molecular weight is 279 g/mol. The van der Waals surface area contributed by atoms with Crippen molar-refractivity contribution in [3.63, 3.8) is 0 Å². The van der Waals surface area contributed by atoms with E-state index >= 15 is 0 Å². The van der Waals surface area contributed by atoms with Gasteiger partial charge in [0.25, 0.3) is 0 Å². The molecule has 0 saturated carbocycles. The van der Waals surface area contributed by atoms with Crippen molar-refractivity contribution in [2.24, 2.45) is 11.5 Å². The summed E-state index contributed by atoms with van der Waals surface area (Å²) in [4.78, 5) is 13.4. The molecule has 5 heteroatoms. The Balaban J connectivity index is 2.23. The fourth-order valence-corrected chi connectivity index (χ4v) is 2.92. The molecule has 0 aromatic heterocycles. The number of amides is 1. The summed E-state index contributed by atoms with van der Waals surface area (Å²) in [6, 6.07) is 4.92. The predicted octanol–water partition coefficient (Wildman–Crippen LogP) is 1.63. The smallest absolute Gasteiger partial charge is 0.248 e. The second kappa shape index (κ2) is 6.33. The van der Waals surface area contributed by atoms with Crippen molar-refractivity contribution in [2.45, 2.75) is 44.8 Å². The van der Waals surface area contributed by atoms with Crippen molar-refractivity contribution in [1.82, 2.24) is 4.90 Å². The van der Waals surface area contributed by atoms with Gasteiger partial charge in [-0.3, -0.25) is 9.69 Å². The molecule has 0 bridgehead atoms. The number of carbonyl (C=O) groups is 1. The molecule has 2 unspecified atom stereocenters. The number of piperidine rings is 1. The monoisotopic (exact) mass is 279 g/mol. The average Bonchev–Trinajstić information content (AvgIpc) is 2.42. The number of halogens is 1. The zero-order chi connectivity index (χ0) is 14.7. The normalized spacial score (nSPS) is 23.8. The molecule has 1 fully saturated rings. The van der Waals surface area contributed by atoms with Crippen LogP contribution < -0.4 is 11.5 Å². The molecule has 4 N–H and O–H groups in total. The molecule has 110 valence electrons. The van der Waals surface area contributed by atoms with E-state index in [1.165, 1.54) is 12.1 Å². The second-order valence-corrected chi connectivity index (χ2v) is 5.51. The summed E-state index contributed by atoms with van der Waals surface area (Å²) in [7, 11) is 0. The number of primary amides is 1. The third-order valence-corrected chi connectivity index (χ3v) is 4.15. The predicted molar refractivity (Wildman–Crippen MR) is 76.6 cm³/mol. The number of likely N-dealkylation sites (tertiary alicyclic amines) is 1. The highest BCUT2D eigenvalue weighted by molar-refractivity contribution is 5.92. The highest BCUT2D eigenvalue weighted by Crippen LogP contribution is 2.25. The lowest BCUT2D eigenvalue weighted by molar-refractivity contribution is 0.0879. The van der Waals surface area contributed by atoms with E-state index in [1.807, 2.05) is 0 Å². The fraction of sp³-hybridized carbons (Fsp3) is 0.533. The van der Waals surface area contributed by atoms with Crippen LogP contribution in [0.3, 0.4) is 0 Å². The van der Waals surface area contributed by atoms with Gasteiger partial charge < -0.3 is 11.5 Å². The first kappa shape index (κ1) is 14.9. The minimum absolute atomic E-state index is 0.274. The van der Waals surface area contributed by atoms with Gasteiger partial charge >= 0.3 is 0 Å². The number of rotatable bonds is 4. The molecule has 0 radical (unpaired) electrons. The quantitative estimate of drug-likeness (QED) is 0.879. The third kappa shape index (κ3) is 3.16. The number of hydrogen-bond donors (Lipinski definition) is 2. The van der Waals surface area contributed by atoms with Gasteiger partial charge in [0.2, 0.25) is 5.91 Å². The lowest BCUT2D eigenvalue weighted by Gasteiger charge is -2.40. The van der Waals surface area contributed by atoms with Crippen molar-refractivity contribution < 1.29 is 9.18 Å². The Bertz CT molecular complexity index is 492. The standard InChI is InChI=1S/C15H22FN3O/c1-10-3-2-4-13(8-17)19(10)9-12-7-11(15(18)20)5-6-14(12)16/h5-7,10,13H,2-4,8-9,17H2,1H3,(H2,18,20). The maximum atomic E-state index is 13.9. The lowest BCUT2D eigenvalue weighted by atomic mass is 9.95. The number of nitrogens with two attached hydrogens (primary N) is 2. The molecule has 4 nitrogen and oxygen atoms in total. The second-order valence-electron chi connectivity index (χ2n) is 5.51. The Kier molecular flexibility index (Phi) is 4.73. The highest BCUT2D eigenvalue weighted by Gasteiger charge is 2.27. The molecular formula is C15H22FN3O. The minimum atomic E-state index is -0.534. The first-order valence-corrected chi connectivity index (χ1v) is 7.07. The first-order chi connectivity index (χ1) is 9.52. The SMILES string of the molecule is CC1CCCC(CN)N1Cc1cc(C(N)=O)ccc1F. The van der Waals surface area contributed by atoms with E-state index in [2.05, 4.69) is 11.8 Å². The van der Waals surface area contributed by atoms with E-state index in [-0.39, 0.29) is 11.9 Å². The Morgan fingerprint density at radius 3 is 2.85 bits per heavy atom. The van der Waals surface area contributed by atoms with Crippen LogP contribution in [0, 0.1) is 5.82 Å². The van der Waals surface area contributed by atoms with Crippen molar-refractivity contribution in [3.8, 4) is 0 Å². The van der Waals surface area contributed by atoms with E-state index in [0.717, 1.165) is 19.3 Å². The van der Waals surface area contributed by atoms with Gasteiger partial charge in [-0.05, 0) is 38.0 Å². The topological polar surface area (TPSA) is 72.3 Å². The molecule has 2 rings (SSSR count). The van der Waals surface area contributed by atoms with E-state index in [4.69, 9.17) is 11.5 Å². The molecule has 0 spiro atoms. The molecule has 1 heterocycles. The molecule has 1 aromatic rings. The van der Waals surface area contributed by atoms with Crippen LogP contribution in [0.1, 0.15) is 42.1 Å². The van der Waals surface area contributed by atoms with E-state index in [0.29, 0.717) is 30.3 Å². The molecule has 20 heavy (non-hydrogen) atoms. The van der Waals surface area contributed by atoms with Crippen LogP contribution >= 0.6 is 0 Å². The molecular weight excluding hydrogens is 257 g/mol.